The summed E-state index contributed by atoms with van der Waals surface area (Å²) in [6.45, 7) is 14.9. The highest BCUT2D eigenvalue weighted by Gasteiger charge is 2.13. The Morgan fingerprint density at radius 1 is 0.760 bits per heavy atom. The van der Waals surface area contributed by atoms with E-state index in [0.29, 0.717) is 37.9 Å². The van der Waals surface area contributed by atoms with E-state index in [2.05, 4.69) is 39.2 Å². The van der Waals surface area contributed by atoms with Gasteiger partial charge in [-0.2, -0.15) is 0 Å². The average molecular weight is 353 g/mol. The van der Waals surface area contributed by atoms with E-state index in [1.807, 2.05) is 12.2 Å². The van der Waals surface area contributed by atoms with Crippen LogP contribution in [0.4, 0.5) is 0 Å². The van der Waals surface area contributed by atoms with Gasteiger partial charge >= 0.3 is 0 Å². The number of ether oxygens (including phenoxy) is 4. The predicted molar refractivity (Wildman–Crippen MR) is 104 cm³/mol. The topological polar surface area (TPSA) is 36.9 Å². The molecule has 0 spiro atoms. The first-order valence-corrected chi connectivity index (χ1v) is 8.85. The standard InChI is InChI=1S/C21H36O4/c1-19(24-17-9-15-22-5)11-7-13-21(3,4)14-8-12-20(2)25-18-10-16-23-6/h7-8,11-12H,1-2,9-10,13-18H2,3-6H3/b11-7-,12-8-. The fourth-order valence-corrected chi connectivity index (χ4v) is 2.01. The largest absolute Gasteiger partial charge is 0.494 e. The molecule has 0 aromatic rings. The van der Waals surface area contributed by atoms with Crippen molar-refractivity contribution in [2.45, 2.75) is 39.5 Å². The third kappa shape index (κ3) is 15.7. The van der Waals surface area contributed by atoms with Crippen LogP contribution in [0.3, 0.4) is 0 Å². The summed E-state index contributed by atoms with van der Waals surface area (Å²) < 4.78 is 21.0. The molecule has 0 aromatic carbocycles. The summed E-state index contributed by atoms with van der Waals surface area (Å²) in [4.78, 5) is 0. The van der Waals surface area contributed by atoms with Crippen LogP contribution in [0.15, 0.2) is 49.0 Å². The number of hydrogen-bond acceptors (Lipinski definition) is 4. The first kappa shape index (κ1) is 23.5. The SMILES string of the molecule is C=C(/C=C\CC(C)(C)C/C=C\C(=C)OCCCOC)OCCCOC. The van der Waals surface area contributed by atoms with Gasteiger partial charge in [-0.05, 0) is 30.4 Å². The van der Waals surface area contributed by atoms with E-state index in [1.54, 1.807) is 14.2 Å². The van der Waals surface area contributed by atoms with Gasteiger partial charge in [0.05, 0.1) is 13.2 Å². The molecule has 0 N–H and O–H groups in total. The quantitative estimate of drug-likeness (QED) is 0.222. The van der Waals surface area contributed by atoms with Crippen LogP contribution in [0.2, 0.25) is 0 Å². The smallest absolute Gasteiger partial charge is 0.111 e. The monoisotopic (exact) mass is 352 g/mol. The van der Waals surface area contributed by atoms with Gasteiger partial charge in [0.1, 0.15) is 11.5 Å². The van der Waals surface area contributed by atoms with E-state index in [-0.39, 0.29) is 5.41 Å². The minimum Gasteiger partial charge on any atom is -0.494 e. The van der Waals surface area contributed by atoms with Gasteiger partial charge in [0.2, 0.25) is 0 Å². The van der Waals surface area contributed by atoms with Gasteiger partial charge in [0, 0.05) is 40.3 Å². The summed E-state index contributed by atoms with van der Waals surface area (Å²) in [5, 5.41) is 0. The molecule has 4 nitrogen and oxygen atoms in total. The molecule has 4 heteroatoms. The normalized spacial score (nSPS) is 12.0. The Labute approximate surface area is 154 Å². The Bertz CT molecular complexity index is 384. The Balaban J connectivity index is 3.98. The summed E-state index contributed by atoms with van der Waals surface area (Å²) in [7, 11) is 3.38. The number of allylic oxidation sites excluding steroid dienone is 4. The molecule has 0 bridgehead atoms. The molecule has 0 aliphatic rings. The molecular formula is C21H36O4. The van der Waals surface area contributed by atoms with Crippen LogP contribution in [-0.4, -0.2) is 40.6 Å². The summed E-state index contributed by atoms with van der Waals surface area (Å²) in [5.41, 5.74) is 0.152. The summed E-state index contributed by atoms with van der Waals surface area (Å²) in [5.74, 6) is 1.39. The van der Waals surface area contributed by atoms with Crippen molar-refractivity contribution in [3.05, 3.63) is 49.0 Å². The fourth-order valence-electron chi connectivity index (χ4n) is 2.01. The van der Waals surface area contributed by atoms with Crippen molar-refractivity contribution in [3.63, 3.8) is 0 Å². The Kier molecular flexibility index (Phi) is 13.9. The molecule has 0 unspecified atom stereocenters. The van der Waals surface area contributed by atoms with Crippen LogP contribution in [0.1, 0.15) is 39.5 Å². The molecule has 0 saturated heterocycles. The molecule has 144 valence electrons. The van der Waals surface area contributed by atoms with Crippen LogP contribution in [0, 0.1) is 5.41 Å². The second-order valence-corrected chi connectivity index (χ2v) is 6.70. The third-order valence-corrected chi connectivity index (χ3v) is 3.51. The lowest BCUT2D eigenvalue weighted by Crippen LogP contribution is -2.08. The van der Waals surface area contributed by atoms with Crippen LogP contribution in [0.5, 0.6) is 0 Å². The Morgan fingerprint density at radius 3 is 1.52 bits per heavy atom. The van der Waals surface area contributed by atoms with Gasteiger partial charge in [-0.15, -0.1) is 0 Å². The van der Waals surface area contributed by atoms with Crippen LogP contribution in [0.25, 0.3) is 0 Å². The highest BCUT2D eigenvalue weighted by atomic mass is 16.5. The average Bonchev–Trinajstić information content (AvgIpc) is 2.55. The van der Waals surface area contributed by atoms with Gasteiger partial charge < -0.3 is 18.9 Å². The molecule has 0 saturated carbocycles. The maximum absolute atomic E-state index is 5.51. The maximum Gasteiger partial charge on any atom is 0.111 e. The van der Waals surface area contributed by atoms with E-state index < -0.39 is 0 Å². The summed E-state index contributed by atoms with van der Waals surface area (Å²) in [6.07, 6.45) is 11.7. The molecule has 0 heterocycles. The summed E-state index contributed by atoms with van der Waals surface area (Å²) in [6, 6.07) is 0. The molecule has 0 aromatic heterocycles. The van der Waals surface area contributed by atoms with Crippen molar-refractivity contribution in [3.8, 4) is 0 Å². The molecule has 0 amide bonds. The molecule has 0 aliphatic heterocycles. The molecule has 0 aliphatic carbocycles. The number of rotatable bonds is 16. The van der Waals surface area contributed by atoms with Crippen LogP contribution < -0.4 is 0 Å². The second-order valence-electron chi connectivity index (χ2n) is 6.70. The second kappa shape index (κ2) is 14.8. The van der Waals surface area contributed by atoms with Crippen molar-refractivity contribution in [2.75, 3.05) is 40.6 Å². The van der Waals surface area contributed by atoms with Crippen LogP contribution >= 0.6 is 0 Å². The molecule has 0 rings (SSSR count). The lowest BCUT2D eigenvalue weighted by Gasteiger charge is -2.20. The van der Waals surface area contributed by atoms with Crippen molar-refractivity contribution in [2.24, 2.45) is 5.41 Å². The molecular weight excluding hydrogens is 316 g/mol. The Morgan fingerprint density at radius 2 is 1.16 bits per heavy atom. The van der Waals surface area contributed by atoms with Gasteiger partial charge in [0.15, 0.2) is 0 Å². The van der Waals surface area contributed by atoms with E-state index in [1.165, 1.54) is 0 Å². The van der Waals surface area contributed by atoms with Crippen molar-refractivity contribution < 1.29 is 18.9 Å². The van der Waals surface area contributed by atoms with Gasteiger partial charge in [-0.1, -0.05) is 39.2 Å². The maximum atomic E-state index is 5.51. The minimum absolute atomic E-state index is 0.152. The Hall–Kier alpha value is -1.52. The predicted octanol–water partition coefficient (Wildman–Crippen LogP) is 5.04. The molecule has 25 heavy (non-hydrogen) atoms. The summed E-state index contributed by atoms with van der Waals surface area (Å²) >= 11 is 0. The fraction of sp³-hybridized carbons (Fsp3) is 0.619. The molecule has 0 atom stereocenters. The lowest BCUT2D eigenvalue weighted by molar-refractivity contribution is 0.149. The van der Waals surface area contributed by atoms with E-state index in [4.69, 9.17) is 18.9 Å². The zero-order valence-corrected chi connectivity index (χ0v) is 16.5. The van der Waals surface area contributed by atoms with E-state index >= 15 is 0 Å². The van der Waals surface area contributed by atoms with Gasteiger partial charge in [-0.3, -0.25) is 0 Å². The van der Waals surface area contributed by atoms with Gasteiger partial charge in [0.25, 0.3) is 0 Å². The highest BCUT2D eigenvalue weighted by molar-refractivity contribution is 5.10. The zero-order chi connectivity index (χ0) is 19.0. The van der Waals surface area contributed by atoms with Crippen LogP contribution in [-0.2, 0) is 18.9 Å². The molecule has 0 radical (unpaired) electrons. The minimum atomic E-state index is 0.152. The third-order valence-electron chi connectivity index (χ3n) is 3.51. The first-order chi connectivity index (χ1) is 11.9. The zero-order valence-electron chi connectivity index (χ0n) is 16.5. The van der Waals surface area contributed by atoms with Crippen molar-refractivity contribution in [1.82, 2.24) is 0 Å². The highest BCUT2D eigenvalue weighted by Crippen LogP contribution is 2.26. The van der Waals surface area contributed by atoms with E-state index in [0.717, 1.165) is 25.7 Å². The lowest BCUT2D eigenvalue weighted by atomic mass is 9.85. The van der Waals surface area contributed by atoms with E-state index in [9.17, 15) is 0 Å². The van der Waals surface area contributed by atoms with Gasteiger partial charge in [-0.25, -0.2) is 0 Å². The van der Waals surface area contributed by atoms with Crippen molar-refractivity contribution >= 4 is 0 Å². The number of hydrogen-bond donors (Lipinski definition) is 0. The number of methoxy groups -OCH3 is 2. The molecule has 0 fully saturated rings. The first-order valence-electron chi connectivity index (χ1n) is 8.85. The van der Waals surface area contributed by atoms with Crippen molar-refractivity contribution in [1.29, 1.82) is 0 Å².